The first-order chi connectivity index (χ1) is 14.7. The van der Waals surface area contributed by atoms with Crippen molar-refractivity contribution in [2.75, 3.05) is 7.11 Å². The minimum atomic E-state index is -2.13. The minimum Gasteiger partial charge on any atom is -0.411 e. The van der Waals surface area contributed by atoms with Gasteiger partial charge in [0.05, 0.1) is 0 Å². The summed E-state index contributed by atoms with van der Waals surface area (Å²) in [6.07, 6.45) is 4.74. The molecule has 0 N–H and O–H groups in total. The fraction of sp³-hybridized carbons (Fsp3) is 0.214. The Hall–Kier alpha value is -2.16. The summed E-state index contributed by atoms with van der Waals surface area (Å²) in [4.78, 5) is 0. The van der Waals surface area contributed by atoms with Crippen molar-refractivity contribution >= 4 is 18.7 Å². The molecule has 0 heterocycles. The summed E-state index contributed by atoms with van der Waals surface area (Å²) in [6, 6.07) is 38.3. The number of aryl methyl sites for hydroxylation is 2. The van der Waals surface area contributed by atoms with Crippen molar-refractivity contribution < 1.29 is 21.5 Å². The van der Waals surface area contributed by atoms with Gasteiger partial charge in [-0.2, -0.15) is 35.9 Å². The van der Waals surface area contributed by atoms with Crippen LogP contribution in [0.1, 0.15) is 24.0 Å². The molecule has 0 fully saturated rings. The molecule has 0 spiro atoms. The number of rotatable bonds is 8. The third-order valence-electron chi connectivity index (χ3n) is 5.71. The maximum Gasteiger partial charge on any atom is 2.00 e. The third kappa shape index (κ3) is 7.19. The maximum atomic E-state index is 6.15. The van der Waals surface area contributed by atoms with Crippen molar-refractivity contribution in [3.63, 3.8) is 0 Å². The van der Waals surface area contributed by atoms with E-state index in [1.807, 2.05) is 37.4 Å². The van der Waals surface area contributed by atoms with E-state index in [9.17, 15) is 0 Å². The van der Waals surface area contributed by atoms with Crippen LogP contribution in [0.15, 0.2) is 109 Å². The average Bonchev–Trinajstić information content (AvgIpc) is 3.54. The maximum absolute atomic E-state index is 6.15. The van der Waals surface area contributed by atoms with Gasteiger partial charge in [0.2, 0.25) is 0 Å². The van der Waals surface area contributed by atoms with E-state index in [1.54, 1.807) is 0 Å². The number of benzene rings is 2. The molecular formula is C28H32FeOSi. The first-order valence-electron chi connectivity index (χ1n) is 10.8. The topological polar surface area (TPSA) is 9.23 Å². The number of hydrogen-bond acceptors (Lipinski definition) is 1. The number of hydrogen-bond donors (Lipinski definition) is 0. The van der Waals surface area contributed by atoms with Crippen LogP contribution in [0, 0.1) is 0 Å². The molecule has 4 rings (SSSR count). The predicted octanol–water partition coefficient (Wildman–Crippen LogP) is 5.71. The zero-order valence-electron chi connectivity index (χ0n) is 18.5. The molecular weight excluding hydrogens is 436 g/mol. The van der Waals surface area contributed by atoms with E-state index < -0.39 is 8.32 Å². The van der Waals surface area contributed by atoms with Gasteiger partial charge in [-0.25, -0.2) is 24.3 Å². The van der Waals surface area contributed by atoms with E-state index >= 15 is 0 Å². The summed E-state index contributed by atoms with van der Waals surface area (Å²) in [7, 11) is -0.267. The van der Waals surface area contributed by atoms with E-state index in [1.165, 1.54) is 40.8 Å². The van der Waals surface area contributed by atoms with Gasteiger partial charge in [-0.15, -0.1) is 0 Å². The van der Waals surface area contributed by atoms with Crippen LogP contribution in [0.5, 0.6) is 0 Å². The van der Waals surface area contributed by atoms with Gasteiger partial charge in [-0.3, -0.25) is 0 Å². The molecule has 0 aliphatic rings. The number of unbranched alkanes of at least 4 members (excludes halogenated alkanes) is 1. The molecule has 3 heteroatoms. The van der Waals surface area contributed by atoms with Crippen molar-refractivity contribution in [1.29, 1.82) is 0 Å². The van der Waals surface area contributed by atoms with E-state index in [0.29, 0.717) is 0 Å². The predicted molar refractivity (Wildman–Crippen MR) is 131 cm³/mol. The first kappa shape index (κ1) is 25.1. The quantitative estimate of drug-likeness (QED) is 0.183. The van der Waals surface area contributed by atoms with Gasteiger partial charge in [0.25, 0.3) is 8.32 Å². The molecule has 0 aliphatic carbocycles. The van der Waals surface area contributed by atoms with E-state index in [2.05, 4.69) is 85.4 Å². The Morgan fingerprint density at radius 3 is 2.06 bits per heavy atom. The second-order valence-electron chi connectivity index (χ2n) is 7.72. The van der Waals surface area contributed by atoms with Crippen LogP contribution in [-0.2, 0) is 34.3 Å². The molecule has 1 unspecified atom stereocenters. The van der Waals surface area contributed by atoms with Crippen LogP contribution >= 0.6 is 0 Å². The molecule has 0 bridgehead atoms. The van der Waals surface area contributed by atoms with Crippen LogP contribution in [0.25, 0.3) is 0 Å². The van der Waals surface area contributed by atoms with Crippen LogP contribution in [0.3, 0.4) is 0 Å². The second kappa shape index (κ2) is 13.3. The molecule has 31 heavy (non-hydrogen) atoms. The summed E-state index contributed by atoms with van der Waals surface area (Å²) < 4.78 is 6.15. The molecule has 4 aromatic rings. The van der Waals surface area contributed by atoms with Gasteiger partial charge >= 0.3 is 17.1 Å². The molecule has 1 nitrogen and oxygen atoms in total. The van der Waals surface area contributed by atoms with E-state index in [4.69, 9.17) is 4.43 Å². The third-order valence-corrected chi connectivity index (χ3v) is 9.48. The standard InChI is InChI=1S/C23H27OSi.C5H5.Fe/c1-24-25(2,22-17-4-3-5-18-22)23-19-11-10-16-21(23)15-9-8-14-20-12-6-7-13-20;1-2-4-5-3-1;/h3-7,10-13,16-19H,8-9,14-15H2,1-2H3;1-5H;/q2*-1;+2. The summed E-state index contributed by atoms with van der Waals surface area (Å²) >= 11 is 0. The molecule has 0 saturated carbocycles. The van der Waals surface area contributed by atoms with Gasteiger partial charge in [0.15, 0.2) is 0 Å². The zero-order chi connectivity index (χ0) is 21.1. The van der Waals surface area contributed by atoms with Gasteiger partial charge < -0.3 is 4.43 Å². The Kier molecular flexibility index (Phi) is 10.8. The van der Waals surface area contributed by atoms with Crippen molar-refractivity contribution in [3.8, 4) is 0 Å². The van der Waals surface area contributed by atoms with Crippen molar-refractivity contribution in [2.24, 2.45) is 0 Å². The Bertz CT molecular complexity index is 931. The van der Waals surface area contributed by atoms with E-state index in [0.717, 1.165) is 6.42 Å². The molecule has 0 amide bonds. The van der Waals surface area contributed by atoms with Gasteiger partial charge in [0, 0.05) is 7.11 Å². The molecule has 162 valence electrons. The Morgan fingerprint density at radius 1 is 0.806 bits per heavy atom. The van der Waals surface area contributed by atoms with Crippen LogP contribution in [0.2, 0.25) is 6.55 Å². The summed E-state index contributed by atoms with van der Waals surface area (Å²) in [5.74, 6) is 0. The second-order valence-corrected chi connectivity index (χ2v) is 11.3. The zero-order valence-corrected chi connectivity index (χ0v) is 20.6. The fourth-order valence-corrected chi connectivity index (χ4v) is 6.72. The fourth-order valence-electron chi connectivity index (χ4n) is 3.89. The first-order valence-corrected chi connectivity index (χ1v) is 13.2. The smallest absolute Gasteiger partial charge is 0.411 e. The molecule has 4 aromatic carbocycles. The normalized spacial score (nSPS) is 12.2. The minimum absolute atomic E-state index is 0. The van der Waals surface area contributed by atoms with Crippen LogP contribution in [-0.4, -0.2) is 15.4 Å². The van der Waals surface area contributed by atoms with Gasteiger partial charge in [0.1, 0.15) is 0 Å². The Morgan fingerprint density at radius 2 is 1.45 bits per heavy atom. The van der Waals surface area contributed by atoms with Crippen molar-refractivity contribution in [3.05, 3.63) is 120 Å². The summed E-state index contributed by atoms with van der Waals surface area (Å²) in [5, 5.41) is 2.75. The van der Waals surface area contributed by atoms with Gasteiger partial charge in [-0.1, -0.05) is 67.4 Å². The van der Waals surface area contributed by atoms with Gasteiger partial charge in [-0.05, 0) is 35.3 Å². The Labute approximate surface area is 199 Å². The van der Waals surface area contributed by atoms with Crippen LogP contribution < -0.4 is 10.4 Å². The van der Waals surface area contributed by atoms with Crippen LogP contribution in [0.4, 0.5) is 0 Å². The van der Waals surface area contributed by atoms with E-state index in [-0.39, 0.29) is 17.1 Å². The molecule has 0 saturated heterocycles. The monoisotopic (exact) mass is 468 g/mol. The Balaban J connectivity index is 0.000000501. The summed E-state index contributed by atoms with van der Waals surface area (Å²) in [5.41, 5.74) is 2.90. The summed E-state index contributed by atoms with van der Waals surface area (Å²) in [6.45, 7) is 2.31. The molecule has 1 atom stereocenters. The molecule has 0 radical (unpaired) electrons. The largest absolute Gasteiger partial charge is 2.00 e. The van der Waals surface area contributed by atoms with Crippen molar-refractivity contribution in [1.82, 2.24) is 0 Å². The SMILES string of the molecule is CO[Si](C)(c1ccccc1)c1ccccc1CCCC[c-]1cccc1.[Fe+2].c1cc[cH-]c1. The van der Waals surface area contributed by atoms with Crippen molar-refractivity contribution in [2.45, 2.75) is 32.2 Å². The molecule has 0 aromatic heterocycles. The molecule has 0 aliphatic heterocycles. The average molecular weight is 468 g/mol.